The third-order valence-electron chi connectivity index (χ3n) is 6.67. The highest BCUT2D eigenvalue weighted by Gasteiger charge is 2.42. The van der Waals surface area contributed by atoms with Gasteiger partial charge in [-0.3, -0.25) is 9.69 Å². The molecule has 2 aliphatic rings. The van der Waals surface area contributed by atoms with Crippen LogP contribution in [-0.4, -0.2) is 74.9 Å². The first-order chi connectivity index (χ1) is 16.9. The fourth-order valence-corrected chi connectivity index (χ4v) is 4.96. The highest BCUT2D eigenvalue weighted by Crippen LogP contribution is 2.34. The molecule has 2 atom stereocenters. The van der Waals surface area contributed by atoms with Gasteiger partial charge in [-0.25, -0.2) is 4.79 Å². The Labute approximate surface area is 208 Å². The average molecular weight is 496 g/mol. The lowest BCUT2D eigenvalue weighted by molar-refractivity contribution is -0.116. The van der Waals surface area contributed by atoms with Gasteiger partial charge in [0.2, 0.25) is 5.91 Å². The van der Waals surface area contributed by atoms with Gasteiger partial charge in [0.25, 0.3) is 0 Å². The van der Waals surface area contributed by atoms with Gasteiger partial charge in [-0.05, 0) is 29.5 Å². The molecule has 0 saturated carbocycles. The van der Waals surface area contributed by atoms with Crippen LogP contribution in [0.15, 0.2) is 49.1 Å². The Morgan fingerprint density at radius 1 is 1.09 bits per heavy atom. The van der Waals surface area contributed by atoms with Crippen molar-refractivity contribution in [1.29, 1.82) is 0 Å². The van der Waals surface area contributed by atoms with E-state index in [1.807, 2.05) is 23.1 Å². The van der Waals surface area contributed by atoms with Crippen LogP contribution in [0.25, 0.3) is 0 Å². The molecule has 3 aromatic rings. The second kappa shape index (κ2) is 9.63. The minimum absolute atomic E-state index is 0.110. The predicted molar refractivity (Wildman–Crippen MR) is 129 cm³/mol. The maximum atomic E-state index is 12.9. The monoisotopic (exact) mass is 495 g/mol. The van der Waals surface area contributed by atoms with Gasteiger partial charge in [-0.1, -0.05) is 17.7 Å². The molecule has 0 aliphatic carbocycles. The Morgan fingerprint density at radius 2 is 1.86 bits per heavy atom. The standard InChI is InChI=1S/C24H26ClN7O3/c1-16(33)29(2)20-8-28-32(15-20)24(34)31-13-18-11-30(12-19(18)14-31)10-17-3-4-21(7-23(17)25)35-22-5-6-26-27-9-22/h3-9,15,18-19H,10-14H2,1-2H3. The lowest BCUT2D eigenvalue weighted by Crippen LogP contribution is -2.36. The van der Waals surface area contributed by atoms with E-state index in [0.29, 0.717) is 47.1 Å². The number of aromatic nitrogens is 4. The highest BCUT2D eigenvalue weighted by molar-refractivity contribution is 6.31. The molecule has 2 aromatic heterocycles. The summed E-state index contributed by atoms with van der Waals surface area (Å²) >= 11 is 6.55. The van der Waals surface area contributed by atoms with E-state index >= 15 is 0 Å². The van der Waals surface area contributed by atoms with Crippen LogP contribution in [-0.2, 0) is 11.3 Å². The van der Waals surface area contributed by atoms with Crippen molar-refractivity contribution in [2.24, 2.45) is 11.8 Å². The molecule has 2 saturated heterocycles. The first-order valence-electron chi connectivity index (χ1n) is 11.4. The molecule has 0 spiro atoms. The molecule has 11 heteroatoms. The van der Waals surface area contributed by atoms with Gasteiger partial charge in [-0.2, -0.15) is 20.0 Å². The Hall–Kier alpha value is -3.50. The molecule has 4 heterocycles. The zero-order valence-electron chi connectivity index (χ0n) is 19.5. The number of halogens is 1. The number of amides is 2. The smallest absolute Gasteiger partial charge is 0.344 e. The molecule has 0 radical (unpaired) electrons. The summed E-state index contributed by atoms with van der Waals surface area (Å²) in [5.74, 6) is 1.97. The van der Waals surface area contributed by atoms with Crippen molar-refractivity contribution >= 4 is 29.2 Å². The summed E-state index contributed by atoms with van der Waals surface area (Å²) < 4.78 is 7.10. The minimum Gasteiger partial charge on any atom is -0.456 e. The minimum atomic E-state index is -0.155. The van der Waals surface area contributed by atoms with Crippen LogP contribution in [0, 0.1) is 11.8 Å². The Morgan fingerprint density at radius 3 is 2.51 bits per heavy atom. The number of benzene rings is 1. The molecule has 35 heavy (non-hydrogen) atoms. The maximum Gasteiger partial charge on any atom is 0.344 e. The number of anilines is 1. The molecule has 0 N–H and O–H groups in total. The zero-order valence-corrected chi connectivity index (χ0v) is 20.3. The number of hydrogen-bond acceptors (Lipinski definition) is 7. The number of likely N-dealkylation sites (tertiary alicyclic amines) is 2. The van der Waals surface area contributed by atoms with Gasteiger partial charge in [0.05, 0.1) is 30.5 Å². The summed E-state index contributed by atoms with van der Waals surface area (Å²) in [6, 6.07) is 7.29. The third-order valence-corrected chi connectivity index (χ3v) is 7.02. The molecule has 2 unspecified atom stereocenters. The van der Waals surface area contributed by atoms with Crippen molar-refractivity contribution < 1.29 is 14.3 Å². The second-order valence-corrected chi connectivity index (χ2v) is 9.46. The van der Waals surface area contributed by atoms with Crippen molar-refractivity contribution in [3.8, 4) is 11.5 Å². The Kier molecular flexibility index (Phi) is 6.40. The van der Waals surface area contributed by atoms with Crippen molar-refractivity contribution in [2.75, 3.05) is 38.1 Å². The molecule has 2 fully saturated rings. The summed E-state index contributed by atoms with van der Waals surface area (Å²) in [5.41, 5.74) is 1.64. The zero-order chi connectivity index (χ0) is 24.5. The normalized spacial score (nSPS) is 19.6. The molecule has 10 nitrogen and oxygen atoms in total. The van der Waals surface area contributed by atoms with E-state index in [4.69, 9.17) is 16.3 Å². The van der Waals surface area contributed by atoms with E-state index in [9.17, 15) is 9.59 Å². The number of carbonyl (C=O) groups excluding carboxylic acids is 2. The molecular weight excluding hydrogens is 470 g/mol. The van der Waals surface area contributed by atoms with Crippen molar-refractivity contribution in [3.05, 3.63) is 59.6 Å². The van der Waals surface area contributed by atoms with Crippen molar-refractivity contribution in [1.82, 2.24) is 29.8 Å². The Bertz CT molecular complexity index is 1220. The van der Waals surface area contributed by atoms with Gasteiger partial charge in [0.15, 0.2) is 0 Å². The van der Waals surface area contributed by atoms with E-state index < -0.39 is 0 Å². The summed E-state index contributed by atoms with van der Waals surface area (Å²) in [6.07, 6.45) is 6.26. The molecular formula is C24H26ClN7O3. The van der Waals surface area contributed by atoms with Crippen LogP contribution in [0.2, 0.25) is 5.02 Å². The largest absolute Gasteiger partial charge is 0.456 e. The van der Waals surface area contributed by atoms with E-state index in [1.54, 1.807) is 31.7 Å². The van der Waals surface area contributed by atoms with Gasteiger partial charge >= 0.3 is 6.03 Å². The lowest BCUT2D eigenvalue weighted by Gasteiger charge is -2.22. The molecule has 1 aromatic carbocycles. The summed E-state index contributed by atoms with van der Waals surface area (Å²) in [7, 11) is 1.66. The third kappa shape index (κ3) is 4.98. The lowest BCUT2D eigenvalue weighted by atomic mass is 10.0. The number of fused-ring (bicyclic) bond motifs is 1. The fraction of sp³-hybridized carbons (Fsp3) is 0.375. The second-order valence-electron chi connectivity index (χ2n) is 9.06. The number of rotatable bonds is 5. The number of carbonyl (C=O) groups is 2. The summed E-state index contributed by atoms with van der Waals surface area (Å²) in [4.78, 5) is 30.2. The van der Waals surface area contributed by atoms with E-state index in [1.165, 1.54) is 22.7 Å². The highest BCUT2D eigenvalue weighted by atomic mass is 35.5. The van der Waals surface area contributed by atoms with Crippen LogP contribution in [0.5, 0.6) is 11.5 Å². The number of ether oxygens (including phenoxy) is 1. The summed E-state index contributed by atoms with van der Waals surface area (Å²) in [5, 5.41) is 12.4. The molecule has 2 amide bonds. The SMILES string of the molecule is CC(=O)N(C)c1cnn(C(=O)N2CC3CN(Cc4ccc(Oc5ccnnc5)cc4Cl)CC3C2)c1. The van der Waals surface area contributed by atoms with Crippen LogP contribution >= 0.6 is 11.6 Å². The van der Waals surface area contributed by atoms with Gasteiger partial charge in [0, 0.05) is 57.8 Å². The molecule has 0 bridgehead atoms. The van der Waals surface area contributed by atoms with E-state index in [2.05, 4.69) is 20.2 Å². The fourth-order valence-electron chi connectivity index (χ4n) is 4.73. The number of nitrogens with zero attached hydrogens (tertiary/aromatic N) is 7. The molecule has 5 rings (SSSR count). The predicted octanol–water partition coefficient (Wildman–Crippen LogP) is 3.13. The van der Waals surface area contributed by atoms with Gasteiger partial charge < -0.3 is 14.5 Å². The number of hydrogen-bond donors (Lipinski definition) is 0. The van der Waals surface area contributed by atoms with Crippen LogP contribution in [0.4, 0.5) is 10.5 Å². The first-order valence-corrected chi connectivity index (χ1v) is 11.8. The van der Waals surface area contributed by atoms with E-state index in [-0.39, 0.29) is 11.9 Å². The first kappa shape index (κ1) is 23.3. The topological polar surface area (TPSA) is 96.7 Å². The van der Waals surface area contributed by atoms with Crippen molar-refractivity contribution in [3.63, 3.8) is 0 Å². The quantitative estimate of drug-likeness (QED) is 0.536. The van der Waals surface area contributed by atoms with Crippen molar-refractivity contribution in [2.45, 2.75) is 13.5 Å². The average Bonchev–Trinajstić information content (AvgIpc) is 3.56. The van der Waals surface area contributed by atoms with Gasteiger partial charge in [-0.15, -0.1) is 0 Å². The van der Waals surface area contributed by atoms with Gasteiger partial charge in [0.1, 0.15) is 11.5 Å². The molecule has 2 aliphatic heterocycles. The summed E-state index contributed by atoms with van der Waals surface area (Å²) in [6.45, 7) is 5.42. The van der Waals surface area contributed by atoms with Crippen LogP contribution < -0.4 is 9.64 Å². The van der Waals surface area contributed by atoms with Crippen LogP contribution in [0.1, 0.15) is 12.5 Å². The maximum absolute atomic E-state index is 12.9. The Balaban J connectivity index is 1.16. The van der Waals surface area contributed by atoms with Crippen LogP contribution in [0.3, 0.4) is 0 Å². The molecule has 182 valence electrons. The van der Waals surface area contributed by atoms with E-state index in [0.717, 1.165) is 25.2 Å².